The lowest BCUT2D eigenvalue weighted by molar-refractivity contribution is -0.139. The molecule has 1 atom stereocenters. The minimum absolute atomic E-state index is 0.0129. The van der Waals surface area contributed by atoms with Crippen molar-refractivity contribution in [2.75, 3.05) is 10.8 Å². The maximum atomic E-state index is 13.9. The van der Waals surface area contributed by atoms with E-state index in [9.17, 15) is 18.0 Å². The predicted octanol–water partition coefficient (Wildman–Crippen LogP) is 6.20. The van der Waals surface area contributed by atoms with E-state index >= 15 is 0 Å². The molecule has 1 N–H and O–H groups in total. The zero-order chi connectivity index (χ0) is 28.9. The van der Waals surface area contributed by atoms with Crippen molar-refractivity contribution in [2.45, 2.75) is 51.2 Å². The van der Waals surface area contributed by atoms with Crippen LogP contribution in [-0.2, 0) is 26.2 Å². The van der Waals surface area contributed by atoms with E-state index in [-0.39, 0.29) is 39.1 Å². The number of nitrogens with zero attached hydrogens (tertiary/aromatic N) is 2. The fourth-order valence-corrected chi connectivity index (χ4v) is 6.16. The summed E-state index contributed by atoms with van der Waals surface area (Å²) in [6.45, 7) is 6.56. The second-order valence-corrected chi connectivity index (χ2v) is 13.0. The Hall–Kier alpha value is -2.59. The van der Waals surface area contributed by atoms with E-state index in [0.717, 1.165) is 19.9 Å². The van der Waals surface area contributed by atoms with Crippen molar-refractivity contribution in [3.63, 3.8) is 0 Å². The Morgan fingerprint density at radius 3 is 2.26 bits per heavy atom. The first kappa shape index (κ1) is 30.9. The van der Waals surface area contributed by atoms with Gasteiger partial charge in [0.25, 0.3) is 10.0 Å². The van der Waals surface area contributed by atoms with E-state index in [4.69, 9.17) is 23.2 Å². The Morgan fingerprint density at radius 1 is 0.974 bits per heavy atom. The number of amides is 2. The number of halogens is 3. The second-order valence-electron chi connectivity index (χ2n) is 9.41. The average Bonchev–Trinajstić information content (AvgIpc) is 2.86. The third-order valence-electron chi connectivity index (χ3n) is 5.90. The third kappa shape index (κ3) is 7.97. The minimum Gasteiger partial charge on any atom is -0.352 e. The highest BCUT2D eigenvalue weighted by Gasteiger charge is 2.33. The molecular weight excluding hydrogens is 625 g/mol. The number of hydrogen-bond acceptors (Lipinski definition) is 4. The molecule has 3 aromatic rings. The number of carbonyl (C=O) groups excluding carboxylic acids is 2. The molecule has 0 unspecified atom stereocenters. The lowest BCUT2D eigenvalue weighted by Crippen LogP contribution is -2.52. The van der Waals surface area contributed by atoms with Crippen molar-refractivity contribution in [3.8, 4) is 0 Å². The molecule has 0 heterocycles. The molecule has 39 heavy (non-hydrogen) atoms. The van der Waals surface area contributed by atoms with Gasteiger partial charge in [0.2, 0.25) is 11.8 Å². The molecule has 0 fully saturated rings. The van der Waals surface area contributed by atoms with Crippen LogP contribution in [0.1, 0.15) is 31.9 Å². The van der Waals surface area contributed by atoms with Gasteiger partial charge in [0, 0.05) is 22.1 Å². The van der Waals surface area contributed by atoms with Crippen LogP contribution in [0.2, 0.25) is 10.0 Å². The van der Waals surface area contributed by atoms with E-state index in [2.05, 4.69) is 21.2 Å². The molecule has 2 amide bonds. The van der Waals surface area contributed by atoms with Gasteiger partial charge in [-0.05, 0) is 75.7 Å². The third-order valence-corrected chi connectivity index (χ3v) is 8.73. The lowest BCUT2D eigenvalue weighted by Gasteiger charge is -2.32. The SMILES string of the molecule is Cc1ccc(S(=O)(=O)N(CC(=O)N(Cc2cccc(Br)c2)[C@H](C)C(=O)NC(C)C)c2cc(Cl)ccc2Cl)cc1. The van der Waals surface area contributed by atoms with E-state index in [1.807, 2.05) is 45.0 Å². The fraction of sp³-hybridized carbons (Fsp3) is 0.286. The maximum Gasteiger partial charge on any atom is 0.264 e. The van der Waals surface area contributed by atoms with E-state index in [0.29, 0.717) is 0 Å². The van der Waals surface area contributed by atoms with Gasteiger partial charge in [-0.1, -0.05) is 69.0 Å². The van der Waals surface area contributed by atoms with Crippen LogP contribution in [0.5, 0.6) is 0 Å². The zero-order valence-corrected chi connectivity index (χ0v) is 25.9. The Kier molecular flexibility index (Phi) is 10.5. The molecule has 0 spiro atoms. The Morgan fingerprint density at radius 2 is 1.64 bits per heavy atom. The van der Waals surface area contributed by atoms with Gasteiger partial charge in [0.15, 0.2) is 0 Å². The highest BCUT2D eigenvalue weighted by Crippen LogP contribution is 2.33. The molecule has 208 valence electrons. The standard InChI is InChI=1S/C28H30BrCl2N3O4S/c1-18(2)32-28(36)20(4)33(16-21-6-5-7-22(29)14-21)27(35)17-34(26-15-23(30)10-13-25(26)31)39(37,38)24-11-8-19(3)9-12-24/h5-15,18,20H,16-17H2,1-4H3,(H,32,36)/t20-/m1/s1. The molecule has 3 rings (SSSR count). The summed E-state index contributed by atoms with van der Waals surface area (Å²) in [6, 6.07) is 17.0. The summed E-state index contributed by atoms with van der Waals surface area (Å²) in [5, 5.41) is 3.18. The Labute approximate surface area is 248 Å². The van der Waals surface area contributed by atoms with Crippen LogP contribution in [0, 0.1) is 6.92 Å². The number of rotatable bonds is 10. The Bertz CT molecular complexity index is 1450. The van der Waals surface area contributed by atoms with Crippen LogP contribution >= 0.6 is 39.1 Å². The summed E-state index contributed by atoms with van der Waals surface area (Å²) in [7, 11) is -4.25. The largest absolute Gasteiger partial charge is 0.352 e. The van der Waals surface area contributed by atoms with Gasteiger partial charge in [-0.3, -0.25) is 13.9 Å². The van der Waals surface area contributed by atoms with E-state index < -0.39 is 28.5 Å². The second kappa shape index (κ2) is 13.2. The van der Waals surface area contributed by atoms with Crippen molar-refractivity contribution >= 4 is 66.7 Å². The van der Waals surface area contributed by atoms with Crippen molar-refractivity contribution in [2.24, 2.45) is 0 Å². The maximum absolute atomic E-state index is 13.9. The first-order chi connectivity index (χ1) is 18.3. The molecule has 3 aromatic carbocycles. The molecule has 7 nitrogen and oxygen atoms in total. The summed E-state index contributed by atoms with van der Waals surface area (Å²) in [6.07, 6.45) is 0. The Balaban J connectivity index is 2.08. The van der Waals surface area contributed by atoms with Gasteiger partial charge in [0.05, 0.1) is 15.6 Å². The van der Waals surface area contributed by atoms with Gasteiger partial charge in [-0.25, -0.2) is 8.42 Å². The van der Waals surface area contributed by atoms with Crippen molar-refractivity contribution in [1.29, 1.82) is 0 Å². The van der Waals surface area contributed by atoms with Gasteiger partial charge >= 0.3 is 0 Å². The normalized spacial score (nSPS) is 12.2. The number of nitrogens with one attached hydrogen (secondary N) is 1. The number of anilines is 1. The van der Waals surface area contributed by atoms with E-state index in [1.165, 1.54) is 35.2 Å². The van der Waals surface area contributed by atoms with Crippen LogP contribution < -0.4 is 9.62 Å². The molecule has 0 aliphatic rings. The van der Waals surface area contributed by atoms with Crippen molar-refractivity contribution in [1.82, 2.24) is 10.2 Å². The summed E-state index contributed by atoms with van der Waals surface area (Å²) in [5.41, 5.74) is 1.69. The molecule has 0 aromatic heterocycles. The summed E-state index contributed by atoms with van der Waals surface area (Å²) < 4.78 is 29.5. The number of sulfonamides is 1. The molecule has 0 radical (unpaired) electrons. The first-order valence-electron chi connectivity index (χ1n) is 12.2. The van der Waals surface area contributed by atoms with Gasteiger partial charge in [-0.2, -0.15) is 0 Å². The molecule has 0 saturated heterocycles. The van der Waals surface area contributed by atoms with Crippen LogP contribution in [0.15, 0.2) is 76.1 Å². The highest BCUT2D eigenvalue weighted by molar-refractivity contribution is 9.10. The number of hydrogen-bond donors (Lipinski definition) is 1. The van der Waals surface area contributed by atoms with Crippen LogP contribution in [0.3, 0.4) is 0 Å². The topological polar surface area (TPSA) is 86.8 Å². The van der Waals surface area contributed by atoms with Crippen LogP contribution in [0.4, 0.5) is 5.69 Å². The number of benzene rings is 3. The van der Waals surface area contributed by atoms with Crippen molar-refractivity contribution < 1.29 is 18.0 Å². The lowest BCUT2D eigenvalue weighted by atomic mass is 10.1. The minimum atomic E-state index is -4.25. The monoisotopic (exact) mass is 653 g/mol. The van der Waals surface area contributed by atoms with Crippen molar-refractivity contribution in [3.05, 3.63) is 92.4 Å². The smallest absolute Gasteiger partial charge is 0.264 e. The highest BCUT2D eigenvalue weighted by atomic mass is 79.9. The quantitative estimate of drug-likeness (QED) is 0.282. The van der Waals surface area contributed by atoms with Gasteiger partial charge < -0.3 is 10.2 Å². The van der Waals surface area contributed by atoms with Crippen LogP contribution in [-0.4, -0.2) is 43.8 Å². The summed E-state index contributed by atoms with van der Waals surface area (Å²) in [4.78, 5) is 28.2. The molecule has 0 aliphatic heterocycles. The molecule has 11 heteroatoms. The first-order valence-corrected chi connectivity index (χ1v) is 15.2. The van der Waals surface area contributed by atoms with E-state index in [1.54, 1.807) is 19.1 Å². The molecule has 0 bridgehead atoms. The molecule has 0 aliphatic carbocycles. The number of carbonyl (C=O) groups is 2. The van der Waals surface area contributed by atoms with Gasteiger partial charge in [0.1, 0.15) is 12.6 Å². The average molecular weight is 655 g/mol. The summed E-state index contributed by atoms with van der Waals surface area (Å²) >= 11 is 16.1. The van der Waals surface area contributed by atoms with Gasteiger partial charge in [-0.15, -0.1) is 0 Å². The fourth-order valence-electron chi connectivity index (χ4n) is 3.85. The molecule has 0 saturated carbocycles. The van der Waals surface area contributed by atoms with Crippen LogP contribution in [0.25, 0.3) is 0 Å². The predicted molar refractivity (Wildman–Crippen MR) is 160 cm³/mol. The molecular formula is C28H30BrCl2N3O4S. The summed E-state index contributed by atoms with van der Waals surface area (Å²) in [5.74, 6) is -0.949. The number of aryl methyl sites for hydroxylation is 1. The zero-order valence-electron chi connectivity index (χ0n) is 22.0.